The van der Waals surface area contributed by atoms with E-state index < -0.39 is 0 Å². The van der Waals surface area contributed by atoms with Crippen LogP contribution < -0.4 is 0 Å². The summed E-state index contributed by atoms with van der Waals surface area (Å²) >= 11 is 0. The second-order valence-corrected chi connectivity index (χ2v) is 12.9. The van der Waals surface area contributed by atoms with Crippen molar-refractivity contribution < 1.29 is 0 Å². The molecule has 218 valence electrons. The Balaban J connectivity index is 3.23. The van der Waals surface area contributed by atoms with Crippen LogP contribution in [-0.2, 0) is 0 Å². The maximum absolute atomic E-state index is 2.51. The molecule has 36 heavy (non-hydrogen) atoms. The van der Waals surface area contributed by atoms with E-state index in [0.717, 1.165) is 11.8 Å². The third kappa shape index (κ3) is 30.2. The van der Waals surface area contributed by atoms with Gasteiger partial charge in [0.1, 0.15) is 0 Å². The van der Waals surface area contributed by atoms with Gasteiger partial charge in [0.2, 0.25) is 0 Å². The van der Waals surface area contributed by atoms with Crippen molar-refractivity contribution in [2.24, 2.45) is 11.8 Å². The van der Waals surface area contributed by atoms with Crippen LogP contribution in [0.2, 0.25) is 0 Å². The van der Waals surface area contributed by atoms with Crippen molar-refractivity contribution in [3.63, 3.8) is 0 Å². The molecule has 2 atom stereocenters. The van der Waals surface area contributed by atoms with E-state index in [9.17, 15) is 0 Å². The number of unbranched alkanes of at least 4 members (excludes halogenated alkanes) is 23. The lowest BCUT2D eigenvalue weighted by atomic mass is 9.94. The van der Waals surface area contributed by atoms with Crippen molar-refractivity contribution in [3.05, 3.63) is 0 Å². The molecule has 0 radical (unpaired) electrons. The molecule has 0 saturated heterocycles. The van der Waals surface area contributed by atoms with Gasteiger partial charge in [0, 0.05) is 0 Å². The predicted molar refractivity (Wildman–Crippen MR) is 168 cm³/mol. The summed E-state index contributed by atoms with van der Waals surface area (Å²) in [5.41, 5.74) is 0. The van der Waals surface area contributed by atoms with Crippen molar-refractivity contribution in [3.8, 4) is 0 Å². The van der Waals surface area contributed by atoms with E-state index >= 15 is 0 Å². The molecule has 0 heterocycles. The minimum atomic E-state index is 0.962. The molecular formula is C36H74. The van der Waals surface area contributed by atoms with Crippen LogP contribution in [0.5, 0.6) is 0 Å². The Morgan fingerprint density at radius 2 is 0.417 bits per heavy atom. The van der Waals surface area contributed by atoms with Gasteiger partial charge in [-0.05, 0) is 11.8 Å². The van der Waals surface area contributed by atoms with E-state index in [2.05, 4.69) is 27.7 Å². The molecule has 0 rings (SSSR count). The first-order valence-corrected chi connectivity index (χ1v) is 17.7. The molecule has 0 aromatic heterocycles. The van der Waals surface area contributed by atoms with Gasteiger partial charge in [0.05, 0.1) is 0 Å². The summed E-state index contributed by atoms with van der Waals surface area (Å²) in [4.78, 5) is 0. The van der Waals surface area contributed by atoms with Crippen LogP contribution in [0.25, 0.3) is 0 Å². The van der Waals surface area contributed by atoms with Crippen molar-refractivity contribution in [2.75, 3.05) is 0 Å². The lowest BCUT2D eigenvalue weighted by molar-refractivity contribution is 0.416. The molecule has 0 aliphatic heterocycles. The van der Waals surface area contributed by atoms with Crippen LogP contribution in [-0.4, -0.2) is 0 Å². The number of hydrogen-bond acceptors (Lipinski definition) is 0. The molecule has 0 N–H and O–H groups in total. The third-order valence-corrected chi connectivity index (χ3v) is 8.74. The van der Waals surface area contributed by atoms with E-state index in [0.29, 0.717) is 0 Å². The van der Waals surface area contributed by atoms with Crippen molar-refractivity contribution in [2.45, 2.75) is 220 Å². The molecule has 2 unspecified atom stereocenters. The molecule has 0 heteroatoms. The Morgan fingerprint density at radius 3 is 0.611 bits per heavy atom. The Bertz CT molecular complexity index is 372. The summed E-state index contributed by atoms with van der Waals surface area (Å²) in [5.74, 6) is 1.93. The number of rotatable bonds is 31. The summed E-state index contributed by atoms with van der Waals surface area (Å²) in [6.07, 6.45) is 44.1. The van der Waals surface area contributed by atoms with Gasteiger partial charge in [-0.15, -0.1) is 0 Å². The van der Waals surface area contributed by atoms with Crippen LogP contribution in [0.3, 0.4) is 0 Å². The minimum absolute atomic E-state index is 0.962. The summed E-state index contributed by atoms with van der Waals surface area (Å²) < 4.78 is 0. The zero-order valence-corrected chi connectivity index (χ0v) is 26.4. The molecular weight excluding hydrogens is 432 g/mol. The second kappa shape index (κ2) is 31.2. The van der Waals surface area contributed by atoms with Gasteiger partial charge in [0.25, 0.3) is 0 Å². The van der Waals surface area contributed by atoms with Gasteiger partial charge in [-0.3, -0.25) is 0 Å². The van der Waals surface area contributed by atoms with Crippen LogP contribution in [0, 0.1) is 11.8 Å². The van der Waals surface area contributed by atoms with Crippen molar-refractivity contribution >= 4 is 0 Å². The molecule has 0 amide bonds. The highest BCUT2D eigenvalue weighted by Crippen LogP contribution is 2.21. The van der Waals surface area contributed by atoms with Gasteiger partial charge in [0.15, 0.2) is 0 Å². The average molecular weight is 507 g/mol. The van der Waals surface area contributed by atoms with E-state index in [1.54, 1.807) is 0 Å². The standard InChI is InChI=1S/C36H74/c1-5-7-9-11-13-14-15-16-17-18-19-21-24-28-32-36(4)34-30-26-22-25-29-33-35(3)31-27-23-20-12-10-8-6-2/h35-36H,5-34H2,1-4H3. The van der Waals surface area contributed by atoms with Gasteiger partial charge >= 0.3 is 0 Å². The van der Waals surface area contributed by atoms with Crippen molar-refractivity contribution in [1.82, 2.24) is 0 Å². The van der Waals surface area contributed by atoms with Crippen LogP contribution in [0.4, 0.5) is 0 Å². The van der Waals surface area contributed by atoms with E-state index in [-0.39, 0.29) is 0 Å². The van der Waals surface area contributed by atoms with Crippen LogP contribution >= 0.6 is 0 Å². The highest BCUT2D eigenvalue weighted by molar-refractivity contribution is 4.58. The highest BCUT2D eigenvalue weighted by atomic mass is 14.1. The fourth-order valence-corrected chi connectivity index (χ4v) is 5.94. The van der Waals surface area contributed by atoms with Crippen molar-refractivity contribution in [1.29, 1.82) is 0 Å². The summed E-state index contributed by atoms with van der Waals surface area (Å²) in [6, 6.07) is 0. The largest absolute Gasteiger partial charge is 0.0654 e. The molecule has 0 aromatic rings. The lowest BCUT2D eigenvalue weighted by Crippen LogP contribution is -1.96. The quantitative estimate of drug-likeness (QED) is 0.0820. The van der Waals surface area contributed by atoms with Gasteiger partial charge in [-0.1, -0.05) is 220 Å². The normalized spacial score (nSPS) is 13.3. The molecule has 0 saturated carbocycles. The van der Waals surface area contributed by atoms with Gasteiger partial charge < -0.3 is 0 Å². The molecule has 0 nitrogen and oxygen atoms in total. The maximum atomic E-state index is 2.51. The smallest absolute Gasteiger partial charge is 0.0443 e. The van der Waals surface area contributed by atoms with Gasteiger partial charge in [-0.25, -0.2) is 0 Å². The molecule has 0 spiro atoms. The first kappa shape index (κ1) is 36.0. The molecule has 0 aliphatic rings. The predicted octanol–water partition coefficient (Wildman–Crippen LogP) is 14.0. The topological polar surface area (TPSA) is 0 Å². The molecule has 0 aliphatic carbocycles. The average Bonchev–Trinajstić information content (AvgIpc) is 2.87. The molecule has 0 fully saturated rings. The first-order chi connectivity index (χ1) is 17.7. The monoisotopic (exact) mass is 507 g/mol. The van der Waals surface area contributed by atoms with Gasteiger partial charge in [-0.2, -0.15) is 0 Å². The fraction of sp³-hybridized carbons (Fsp3) is 1.00. The SMILES string of the molecule is CCCCCCCCCCCCCCCCC(C)CCCCCCCC(C)CCCCCCCCC. The Hall–Kier alpha value is 0. The fourth-order valence-electron chi connectivity index (χ4n) is 5.94. The third-order valence-electron chi connectivity index (χ3n) is 8.74. The van der Waals surface area contributed by atoms with Crippen LogP contribution in [0.1, 0.15) is 220 Å². The Labute approximate surface area is 232 Å². The summed E-state index contributed by atoms with van der Waals surface area (Å²) in [5, 5.41) is 0. The highest BCUT2D eigenvalue weighted by Gasteiger charge is 2.04. The van der Waals surface area contributed by atoms with E-state index in [1.807, 2.05) is 0 Å². The Kier molecular flexibility index (Phi) is 31.2. The summed E-state index contributed by atoms with van der Waals surface area (Å²) in [7, 11) is 0. The molecule has 0 bridgehead atoms. The van der Waals surface area contributed by atoms with E-state index in [1.165, 1.54) is 193 Å². The number of hydrogen-bond donors (Lipinski definition) is 0. The maximum Gasteiger partial charge on any atom is -0.0443 e. The second-order valence-electron chi connectivity index (χ2n) is 12.9. The van der Waals surface area contributed by atoms with Crippen LogP contribution in [0.15, 0.2) is 0 Å². The zero-order chi connectivity index (χ0) is 26.4. The Morgan fingerprint density at radius 1 is 0.250 bits per heavy atom. The first-order valence-electron chi connectivity index (χ1n) is 17.7. The molecule has 0 aromatic carbocycles. The minimum Gasteiger partial charge on any atom is -0.0654 e. The zero-order valence-electron chi connectivity index (χ0n) is 26.4. The lowest BCUT2D eigenvalue weighted by Gasteiger charge is -2.12. The summed E-state index contributed by atoms with van der Waals surface area (Å²) in [6.45, 7) is 9.62. The van der Waals surface area contributed by atoms with E-state index in [4.69, 9.17) is 0 Å².